The molecule has 0 atom stereocenters. The van der Waals surface area contributed by atoms with E-state index in [1.54, 1.807) is 11.3 Å². The first-order valence-corrected chi connectivity index (χ1v) is 6.41. The Bertz CT molecular complexity index is 452. The van der Waals surface area contributed by atoms with Gasteiger partial charge in [-0.2, -0.15) is 0 Å². The minimum Gasteiger partial charge on any atom is -0.261 e. The summed E-state index contributed by atoms with van der Waals surface area (Å²) in [6, 6.07) is 8.58. The minimum atomic E-state index is 0.202. The molecule has 0 unspecified atom stereocenters. The van der Waals surface area contributed by atoms with Gasteiger partial charge in [-0.1, -0.05) is 26.8 Å². The monoisotopic (exact) mass is 231 g/mol. The molecule has 0 N–H and O–H groups in total. The summed E-state index contributed by atoms with van der Waals surface area (Å²) in [5, 5.41) is 2.11. The van der Waals surface area contributed by atoms with Gasteiger partial charge >= 0.3 is 0 Å². The average Bonchev–Trinajstić information content (AvgIpc) is 2.70. The summed E-state index contributed by atoms with van der Waals surface area (Å²) in [5.41, 5.74) is 2.72. The molecule has 0 spiro atoms. The first-order chi connectivity index (χ1) is 7.55. The molecule has 1 nitrogen and oxygen atoms in total. The van der Waals surface area contributed by atoms with Crippen LogP contribution < -0.4 is 0 Å². The molecule has 0 aliphatic rings. The normalized spacial score (nSPS) is 11.7. The van der Waals surface area contributed by atoms with Gasteiger partial charge in [-0.25, -0.2) is 0 Å². The number of aromatic nitrogens is 1. The van der Waals surface area contributed by atoms with Crippen LogP contribution >= 0.6 is 11.3 Å². The number of hydrogen-bond donors (Lipinski definition) is 0. The van der Waals surface area contributed by atoms with Crippen molar-refractivity contribution < 1.29 is 0 Å². The van der Waals surface area contributed by atoms with Crippen LogP contribution in [0.1, 0.15) is 36.9 Å². The standard InChI is InChI=1S/C14H17NS/c1-14(2,3)11-6-7-15-12(9-11)10-13-5-4-8-16-13/h4-9H,10H2,1-3H3. The van der Waals surface area contributed by atoms with Crippen LogP contribution in [-0.2, 0) is 11.8 Å². The van der Waals surface area contributed by atoms with Crippen LogP contribution in [-0.4, -0.2) is 4.98 Å². The Labute approximate surface area is 101 Å². The third-order valence-electron chi connectivity index (χ3n) is 2.62. The lowest BCUT2D eigenvalue weighted by Gasteiger charge is -2.19. The maximum Gasteiger partial charge on any atom is 0.0458 e. The lowest BCUT2D eigenvalue weighted by Crippen LogP contribution is -2.11. The Morgan fingerprint density at radius 2 is 2.06 bits per heavy atom. The lowest BCUT2D eigenvalue weighted by atomic mass is 9.87. The van der Waals surface area contributed by atoms with Crippen LogP contribution in [0.25, 0.3) is 0 Å². The van der Waals surface area contributed by atoms with Crippen LogP contribution in [0, 0.1) is 0 Å². The van der Waals surface area contributed by atoms with Gasteiger partial charge in [0.15, 0.2) is 0 Å². The third-order valence-corrected chi connectivity index (χ3v) is 3.49. The van der Waals surface area contributed by atoms with Crippen molar-refractivity contribution in [3.05, 3.63) is 52.0 Å². The second-order valence-electron chi connectivity index (χ2n) is 5.04. The fraction of sp³-hybridized carbons (Fsp3) is 0.357. The minimum absolute atomic E-state index is 0.202. The zero-order valence-electron chi connectivity index (χ0n) is 10.0. The van der Waals surface area contributed by atoms with Crippen molar-refractivity contribution in [2.24, 2.45) is 0 Å². The van der Waals surface area contributed by atoms with Gasteiger partial charge in [-0.15, -0.1) is 11.3 Å². The van der Waals surface area contributed by atoms with Crippen LogP contribution in [0.5, 0.6) is 0 Å². The van der Waals surface area contributed by atoms with Gasteiger partial charge in [0, 0.05) is 23.2 Å². The summed E-state index contributed by atoms with van der Waals surface area (Å²) in [6.07, 6.45) is 2.87. The summed E-state index contributed by atoms with van der Waals surface area (Å²) < 4.78 is 0. The lowest BCUT2D eigenvalue weighted by molar-refractivity contribution is 0.588. The van der Waals surface area contributed by atoms with E-state index in [1.807, 2.05) is 6.20 Å². The molecule has 2 rings (SSSR count). The van der Waals surface area contributed by atoms with Gasteiger partial charge in [0.1, 0.15) is 0 Å². The number of rotatable bonds is 2. The summed E-state index contributed by atoms with van der Waals surface area (Å²) >= 11 is 1.79. The third kappa shape index (κ3) is 2.70. The van der Waals surface area contributed by atoms with Crippen molar-refractivity contribution in [2.75, 3.05) is 0 Å². The highest BCUT2D eigenvalue weighted by atomic mass is 32.1. The SMILES string of the molecule is CC(C)(C)c1ccnc(Cc2cccs2)c1. The summed E-state index contributed by atoms with van der Waals surface area (Å²) in [6.45, 7) is 6.70. The Morgan fingerprint density at radius 3 is 2.69 bits per heavy atom. The van der Waals surface area contributed by atoms with E-state index in [0.29, 0.717) is 0 Å². The van der Waals surface area contributed by atoms with Gasteiger partial charge in [-0.3, -0.25) is 4.98 Å². The Hall–Kier alpha value is -1.15. The molecule has 0 bridgehead atoms. The molecule has 0 saturated carbocycles. The predicted octanol–water partition coefficient (Wildman–Crippen LogP) is 4.03. The van der Waals surface area contributed by atoms with Gasteiger partial charge in [0.25, 0.3) is 0 Å². The second kappa shape index (κ2) is 4.38. The van der Waals surface area contributed by atoms with Crippen molar-refractivity contribution in [1.82, 2.24) is 4.98 Å². The topological polar surface area (TPSA) is 12.9 Å². The molecule has 0 fully saturated rings. The molecule has 16 heavy (non-hydrogen) atoms. The molecule has 0 saturated heterocycles. The first-order valence-electron chi connectivity index (χ1n) is 5.53. The van der Waals surface area contributed by atoms with Crippen LogP contribution in [0.2, 0.25) is 0 Å². The van der Waals surface area contributed by atoms with E-state index >= 15 is 0 Å². The summed E-state index contributed by atoms with van der Waals surface area (Å²) in [5.74, 6) is 0. The van der Waals surface area contributed by atoms with E-state index < -0.39 is 0 Å². The van der Waals surface area contributed by atoms with E-state index in [1.165, 1.54) is 10.4 Å². The van der Waals surface area contributed by atoms with Crippen molar-refractivity contribution in [2.45, 2.75) is 32.6 Å². The zero-order chi connectivity index (χ0) is 11.6. The van der Waals surface area contributed by atoms with E-state index in [-0.39, 0.29) is 5.41 Å². The van der Waals surface area contributed by atoms with Gasteiger partial charge < -0.3 is 0 Å². The number of hydrogen-bond acceptors (Lipinski definition) is 2. The maximum absolute atomic E-state index is 4.43. The Balaban J connectivity index is 2.23. The van der Waals surface area contributed by atoms with E-state index in [0.717, 1.165) is 12.1 Å². The van der Waals surface area contributed by atoms with E-state index in [9.17, 15) is 0 Å². The first kappa shape index (κ1) is 11.3. The summed E-state index contributed by atoms with van der Waals surface area (Å²) in [7, 11) is 0. The van der Waals surface area contributed by atoms with Gasteiger partial charge in [0.2, 0.25) is 0 Å². The van der Waals surface area contributed by atoms with Crippen LogP contribution in [0.15, 0.2) is 35.8 Å². The zero-order valence-corrected chi connectivity index (χ0v) is 10.8. The van der Waals surface area contributed by atoms with E-state index in [2.05, 4.69) is 55.4 Å². The predicted molar refractivity (Wildman–Crippen MR) is 70.1 cm³/mol. The molecule has 0 aromatic carbocycles. The molecule has 0 radical (unpaired) electrons. The molecule has 0 amide bonds. The highest BCUT2D eigenvalue weighted by Crippen LogP contribution is 2.23. The number of thiophene rings is 1. The molecule has 2 heterocycles. The highest BCUT2D eigenvalue weighted by molar-refractivity contribution is 7.09. The Kier molecular flexibility index (Phi) is 3.10. The highest BCUT2D eigenvalue weighted by Gasteiger charge is 2.14. The van der Waals surface area contributed by atoms with Crippen LogP contribution in [0.4, 0.5) is 0 Å². The van der Waals surface area contributed by atoms with Gasteiger partial charge in [0.05, 0.1) is 0 Å². The summed E-state index contributed by atoms with van der Waals surface area (Å²) in [4.78, 5) is 5.81. The molecule has 2 aromatic rings. The molecule has 0 aliphatic carbocycles. The molecule has 84 valence electrons. The smallest absolute Gasteiger partial charge is 0.0458 e. The van der Waals surface area contributed by atoms with E-state index in [4.69, 9.17) is 0 Å². The maximum atomic E-state index is 4.43. The van der Waals surface area contributed by atoms with Gasteiger partial charge in [-0.05, 0) is 34.6 Å². The van der Waals surface area contributed by atoms with Crippen molar-refractivity contribution in [3.8, 4) is 0 Å². The largest absolute Gasteiger partial charge is 0.261 e. The number of nitrogens with zero attached hydrogens (tertiary/aromatic N) is 1. The Morgan fingerprint density at radius 1 is 1.25 bits per heavy atom. The fourth-order valence-electron chi connectivity index (χ4n) is 1.63. The number of pyridine rings is 1. The second-order valence-corrected chi connectivity index (χ2v) is 6.07. The fourth-order valence-corrected chi connectivity index (χ4v) is 2.35. The van der Waals surface area contributed by atoms with Crippen LogP contribution in [0.3, 0.4) is 0 Å². The molecular formula is C14H17NS. The quantitative estimate of drug-likeness (QED) is 0.760. The molecular weight excluding hydrogens is 214 g/mol. The van der Waals surface area contributed by atoms with Crippen molar-refractivity contribution >= 4 is 11.3 Å². The molecule has 2 aromatic heterocycles. The molecule has 0 aliphatic heterocycles. The average molecular weight is 231 g/mol. The van der Waals surface area contributed by atoms with Crippen molar-refractivity contribution in [1.29, 1.82) is 0 Å². The van der Waals surface area contributed by atoms with Crippen molar-refractivity contribution in [3.63, 3.8) is 0 Å². The molecule has 2 heteroatoms.